The van der Waals surface area contributed by atoms with Crippen molar-refractivity contribution in [2.45, 2.75) is 19.9 Å². The number of fused-ring (bicyclic) bond motifs is 1. The number of rotatable bonds is 4. The molecule has 0 atom stereocenters. The number of aromatic nitrogens is 6. The first-order chi connectivity index (χ1) is 10.5. The van der Waals surface area contributed by atoms with Gasteiger partial charge in [-0.15, -0.1) is 15.3 Å². The summed E-state index contributed by atoms with van der Waals surface area (Å²) in [5, 5.41) is 26.6. The van der Waals surface area contributed by atoms with Crippen LogP contribution < -0.4 is 5.32 Å². The zero-order valence-electron chi connectivity index (χ0n) is 12.3. The van der Waals surface area contributed by atoms with Crippen molar-refractivity contribution in [2.75, 3.05) is 5.32 Å². The van der Waals surface area contributed by atoms with Crippen molar-refractivity contribution in [3.05, 3.63) is 28.4 Å². The van der Waals surface area contributed by atoms with E-state index in [1.165, 1.54) is 15.3 Å². The van der Waals surface area contributed by atoms with Gasteiger partial charge in [0.25, 0.3) is 5.82 Å². The molecule has 0 aliphatic heterocycles. The number of anilines is 1. The summed E-state index contributed by atoms with van der Waals surface area (Å²) >= 11 is 0. The highest BCUT2D eigenvalue weighted by atomic mass is 16.6. The molecule has 0 aromatic carbocycles. The van der Waals surface area contributed by atoms with Gasteiger partial charge in [-0.2, -0.15) is 4.52 Å². The lowest BCUT2D eigenvalue weighted by Gasteiger charge is -2.08. The maximum Gasteiger partial charge on any atom is 0.343 e. The van der Waals surface area contributed by atoms with E-state index in [-0.39, 0.29) is 11.9 Å². The second-order valence-electron chi connectivity index (χ2n) is 5.07. The van der Waals surface area contributed by atoms with Crippen LogP contribution in [0, 0.1) is 10.1 Å². The fraction of sp³-hybridized carbons (Fsp3) is 0.333. The van der Waals surface area contributed by atoms with Gasteiger partial charge in [0.05, 0.1) is 7.05 Å². The van der Waals surface area contributed by atoms with Crippen molar-refractivity contribution in [1.82, 2.24) is 29.4 Å². The van der Waals surface area contributed by atoms with Crippen LogP contribution in [-0.2, 0) is 7.05 Å². The van der Waals surface area contributed by atoms with Crippen molar-refractivity contribution >= 4 is 17.3 Å². The summed E-state index contributed by atoms with van der Waals surface area (Å²) in [5.41, 5.74) is 0.537. The average Bonchev–Trinajstić information content (AvgIpc) is 3.01. The highest BCUT2D eigenvalue weighted by molar-refractivity contribution is 5.55. The largest absolute Gasteiger partial charge is 0.366 e. The minimum Gasteiger partial charge on any atom is -0.366 e. The third-order valence-electron chi connectivity index (χ3n) is 3.05. The lowest BCUT2D eigenvalue weighted by atomic mass is 10.4. The van der Waals surface area contributed by atoms with E-state index >= 15 is 0 Å². The lowest BCUT2D eigenvalue weighted by Crippen LogP contribution is -2.12. The molecule has 0 radical (unpaired) electrons. The Morgan fingerprint density at radius 2 is 2.05 bits per heavy atom. The van der Waals surface area contributed by atoms with Gasteiger partial charge in [-0.05, 0) is 30.9 Å². The summed E-state index contributed by atoms with van der Waals surface area (Å²) in [6, 6.07) is 3.79. The van der Waals surface area contributed by atoms with Gasteiger partial charge in [0.1, 0.15) is 12.0 Å². The standard InChI is InChI=1S/C12H14N8O2/c1-7(2)14-8-4-5-9-15-16-12(19(9)17-8)11-13-6-10(18(11)3)20(21)22/h4-7H,1-3H3,(H,14,17). The third-order valence-corrected chi connectivity index (χ3v) is 3.05. The molecule has 0 saturated heterocycles. The van der Waals surface area contributed by atoms with Gasteiger partial charge in [0, 0.05) is 6.04 Å². The van der Waals surface area contributed by atoms with Crippen molar-refractivity contribution in [2.24, 2.45) is 7.05 Å². The van der Waals surface area contributed by atoms with Crippen LogP contribution in [0.25, 0.3) is 17.3 Å². The van der Waals surface area contributed by atoms with Gasteiger partial charge in [0.2, 0.25) is 5.82 Å². The summed E-state index contributed by atoms with van der Waals surface area (Å²) < 4.78 is 2.86. The summed E-state index contributed by atoms with van der Waals surface area (Å²) in [6.45, 7) is 4.00. The molecule has 0 spiro atoms. The molecule has 0 fully saturated rings. The molecule has 0 aliphatic carbocycles. The normalized spacial score (nSPS) is 11.3. The van der Waals surface area contributed by atoms with E-state index in [4.69, 9.17) is 0 Å². The van der Waals surface area contributed by atoms with Gasteiger partial charge >= 0.3 is 5.82 Å². The summed E-state index contributed by atoms with van der Waals surface area (Å²) in [5.74, 6) is 1.21. The van der Waals surface area contributed by atoms with Gasteiger partial charge < -0.3 is 15.4 Å². The third kappa shape index (κ3) is 2.24. The number of nitrogens with one attached hydrogen (secondary N) is 1. The van der Waals surface area contributed by atoms with E-state index in [1.54, 1.807) is 19.2 Å². The number of hydrogen-bond donors (Lipinski definition) is 1. The second-order valence-corrected chi connectivity index (χ2v) is 5.07. The van der Waals surface area contributed by atoms with E-state index in [2.05, 4.69) is 25.6 Å². The van der Waals surface area contributed by atoms with Crippen LogP contribution in [0.3, 0.4) is 0 Å². The van der Waals surface area contributed by atoms with E-state index in [9.17, 15) is 10.1 Å². The molecular formula is C12H14N8O2. The molecular weight excluding hydrogens is 288 g/mol. The molecule has 1 N–H and O–H groups in total. The SMILES string of the molecule is CC(C)Nc1ccc2nnc(-c3ncc([N+](=O)[O-])n3C)n2n1. The minimum absolute atomic E-state index is 0.122. The van der Waals surface area contributed by atoms with E-state index < -0.39 is 4.92 Å². The first-order valence-electron chi connectivity index (χ1n) is 6.63. The number of nitrogens with zero attached hydrogens (tertiary/aromatic N) is 7. The van der Waals surface area contributed by atoms with Crippen LogP contribution in [0.15, 0.2) is 18.3 Å². The minimum atomic E-state index is -0.501. The number of imidazole rings is 1. The number of hydrogen-bond acceptors (Lipinski definition) is 7. The Morgan fingerprint density at radius 3 is 2.68 bits per heavy atom. The quantitative estimate of drug-likeness (QED) is 0.569. The van der Waals surface area contributed by atoms with E-state index in [1.807, 2.05) is 13.8 Å². The van der Waals surface area contributed by atoms with Crippen molar-refractivity contribution < 1.29 is 4.92 Å². The van der Waals surface area contributed by atoms with Crippen LogP contribution in [0.4, 0.5) is 11.6 Å². The molecule has 0 bridgehead atoms. The van der Waals surface area contributed by atoms with Crippen molar-refractivity contribution in [1.29, 1.82) is 0 Å². The highest BCUT2D eigenvalue weighted by Gasteiger charge is 2.23. The lowest BCUT2D eigenvalue weighted by molar-refractivity contribution is -0.391. The van der Waals surface area contributed by atoms with E-state index in [0.29, 0.717) is 23.1 Å². The molecule has 0 saturated carbocycles. The zero-order valence-corrected chi connectivity index (χ0v) is 12.3. The van der Waals surface area contributed by atoms with Gasteiger partial charge in [0.15, 0.2) is 5.65 Å². The molecule has 10 nitrogen and oxygen atoms in total. The fourth-order valence-corrected chi connectivity index (χ4v) is 2.08. The zero-order chi connectivity index (χ0) is 15.9. The van der Waals surface area contributed by atoms with Gasteiger partial charge in [-0.1, -0.05) is 0 Å². The predicted molar refractivity (Wildman–Crippen MR) is 78.4 cm³/mol. The van der Waals surface area contributed by atoms with Crippen LogP contribution in [0.2, 0.25) is 0 Å². The van der Waals surface area contributed by atoms with Crippen molar-refractivity contribution in [3.63, 3.8) is 0 Å². The molecule has 0 unspecified atom stereocenters. The molecule has 22 heavy (non-hydrogen) atoms. The Labute approximate surface area is 125 Å². The Balaban J connectivity index is 2.13. The number of nitro groups is 1. The summed E-state index contributed by atoms with van der Waals surface area (Å²) in [6.07, 6.45) is 1.19. The van der Waals surface area contributed by atoms with Crippen molar-refractivity contribution in [3.8, 4) is 11.6 Å². The molecule has 0 amide bonds. The Bertz CT molecular complexity index is 850. The first-order valence-corrected chi connectivity index (χ1v) is 6.63. The van der Waals surface area contributed by atoms with Crippen LogP contribution in [-0.4, -0.2) is 40.3 Å². The van der Waals surface area contributed by atoms with Gasteiger partial charge in [-0.25, -0.2) is 9.55 Å². The topological polar surface area (TPSA) is 116 Å². The molecule has 0 aliphatic rings. The maximum absolute atomic E-state index is 10.9. The molecule has 3 aromatic heterocycles. The predicted octanol–water partition coefficient (Wildman–Crippen LogP) is 1.25. The Hall–Kier alpha value is -3.04. The van der Waals surface area contributed by atoms with Crippen LogP contribution in [0.1, 0.15) is 13.8 Å². The Kier molecular flexibility index (Phi) is 3.20. The van der Waals surface area contributed by atoms with Crippen LogP contribution >= 0.6 is 0 Å². The molecule has 3 heterocycles. The average molecular weight is 302 g/mol. The Morgan fingerprint density at radius 1 is 1.27 bits per heavy atom. The monoisotopic (exact) mass is 302 g/mol. The molecule has 3 aromatic rings. The fourth-order valence-electron chi connectivity index (χ4n) is 2.08. The maximum atomic E-state index is 10.9. The summed E-state index contributed by atoms with van der Waals surface area (Å²) in [4.78, 5) is 14.5. The molecule has 114 valence electrons. The van der Waals surface area contributed by atoms with Gasteiger partial charge in [-0.3, -0.25) is 0 Å². The summed E-state index contributed by atoms with van der Waals surface area (Å²) in [7, 11) is 1.55. The molecule has 3 rings (SSSR count). The van der Waals surface area contributed by atoms with E-state index in [0.717, 1.165) is 0 Å². The molecule has 10 heteroatoms. The smallest absolute Gasteiger partial charge is 0.343 e. The second kappa shape index (κ2) is 5.06. The van der Waals surface area contributed by atoms with Crippen LogP contribution in [0.5, 0.6) is 0 Å². The highest BCUT2D eigenvalue weighted by Crippen LogP contribution is 2.21. The first kappa shape index (κ1) is 13.9.